The molecular weight excluding hydrogens is 514 g/mol. The molecule has 0 atom stereocenters. The van der Waals surface area contributed by atoms with E-state index in [1.54, 1.807) is 43.5 Å². The molecule has 0 saturated heterocycles. The van der Waals surface area contributed by atoms with Gasteiger partial charge in [0.15, 0.2) is 18.1 Å². The Hall–Kier alpha value is -3.85. The van der Waals surface area contributed by atoms with E-state index in [0.29, 0.717) is 33.8 Å². The first-order valence-corrected chi connectivity index (χ1v) is 11.6. The Balaban J connectivity index is 1.59. The lowest BCUT2D eigenvalue weighted by atomic mass is 10.2. The highest BCUT2D eigenvalue weighted by Gasteiger charge is 2.14. The van der Waals surface area contributed by atoms with Crippen LogP contribution in [0, 0.1) is 6.92 Å². The van der Waals surface area contributed by atoms with Crippen molar-refractivity contribution in [3.8, 4) is 11.5 Å². The normalized spacial score (nSPS) is 10.6. The fourth-order valence-corrected chi connectivity index (χ4v) is 3.66. The number of hydrogen-bond acceptors (Lipinski definition) is 7. The largest absolute Gasteiger partial charge is 0.493 e. The number of aryl methyl sites for hydroxylation is 1. The minimum absolute atomic E-state index is 0.239. The SMILES string of the molecule is CCOC(=O)c1ccc(NC(=O)COc2c(Br)cc(/C=N/Nc3cccc(C)c3)cc2OC)cc1. The Morgan fingerprint density at radius 1 is 1.06 bits per heavy atom. The molecule has 8 nitrogen and oxygen atoms in total. The maximum Gasteiger partial charge on any atom is 0.338 e. The minimum Gasteiger partial charge on any atom is -0.493 e. The summed E-state index contributed by atoms with van der Waals surface area (Å²) in [6.07, 6.45) is 1.66. The highest BCUT2D eigenvalue weighted by atomic mass is 79.9. The van der Waals surface area contributed by atoms with Crippen LogP contribution in [0.25, 0.3) is 0 Å². The molecule has 3 aromatic rings. The van der Waals surface area contributed by atoms with Gasteiger partial charge in [-0.2, -0.15) is 5.10 Å². The molecular formula is C26H26BrN3O5. The van der Waals surface area contributed by atoms with E-state index >= 15 is 0 Å². The second-order valence-corrected chi connectivity index (χ2v) is 8.26. The number of hydrazone groups is 1. The van der Waals surface area contributed by atoms with Gasteiger partial charge in [-0.1, -0.05) is 12.1 Å². The van der Waals surface area contributed by atoms with Crippen LogP contribution >= 0.6 is 15.9 Å². The molecule has 0 unspecified atom stereocenters. The number of nitrogens with one attached hydrogen (secondary N) is 2. The van der Waals surface area contributed by atoms with Crippen molar-refractivity contribution in [1.29, 1.82) is 0 Å². The van der Waals surface area contributed by atoms with Crippen molar-refractivity contribution < 1.29 is 23.8 Å². The van der Waals surface area contributed by atoms with E-state index < -0.39 is 5.97 Å². The van der Waals surface area contributed by atoms with Crippen molar-refractivity contribution in [3.63, 3.8) is 0 Å². The summed E-state index contributed by atoms with van der Waals surface area (Å²) in [5.74, 6) is 0.0630. The van der Waals surface area contributed by atoms with Gasteiger partial charge in [0.25, 0.3) is 5.91 Å². The van der Waals surface area contributed by atoms with Gasteiger partial charge in [-0.3, -0.25) is 10.2 Å². The predicted molar refractivity (Wildman–Crippen MR) is 140 cm³/mol. The summed E-state index contributed by atoms with van der Waals surface area (Å²) in [5, 5.41) is 6.99. The molecule has 0 bridgehead atoms. The molecule has 0 spiro atoms. The van der Waals surface area contributed by atoms with Gasteiger partial charge in [0.05, 0.1) is 35.7 Å². The van der Waals surface area contributed by atoms with Gasteiger partial charge in [-0.25, -0.2) is 4.79 Å². The van der Waals surface area contributed by atoms with Crippen molar-refractivity contribution >= 4 is 45.4 Å². The number of nitrogens with zero attached hydrogens (tertiary/aromatic N) is 1. The molecule has 0 aliphatic heterocycles. The Morgan fingerprint density at radius 2 is 1.83 bits per heavy atom. The molecule has 3 rings (SSSR count). The molecule has 0 radical (unpaired) electrons. The monoisotopic (exact) mass is 539 g/mol. The zero-order chi connectivity index (χ0) is 25.2. The number of benzene rings is 3. The zero-order valence-corrected chi connectivity index (χ0v) is 21.2. The third-order valence-electron chi connectivity index (χ3n) is 4.70. The van der Waals surface area contributed by atoms with E-state index in [1.165, 1.54) is 7.11 Å². The number of esters is 1. The fraction of sp³-hybridized carbons (Fsp3) is 0.192. The van der Waals surface area contributed by atoms with Crippen LogP contribution in [0.1, 0.15) is 28.4 Å². The summed E-state index contributed by atoms with van der Waals surface area (Å²) >= 11 is 3.47. The number of carbonyl (C=O) groups excluding carboxylic acids is 2. The van der Waals surface area contributed by atoms with E-state index in [1.807, 2.05) is 37.3 Å². The van der Waals surface area contributed by atoms with Crippen LogP contribution in [0.4, 0.5) is 11.4 Å². The third kappa shape index (κ3) is 7.58. The lowest BCUT2D eigenvalue weighted by Crippen LogP contribution is -2.20. The lowest BCUT2D eigenvalue weighted by Gasteiger charge is -2.13. The molecule has 9 heteroatoms. The Morgan fingerprint density at radius 3 is 2.51 bits per heavy atom. The summed E-state index contributed by atoms with van der Waals surface area (Å²) in [4.78, 5) is 24.1. The number of amides is 1. The van der Waals surface area contributed by atoms with Gasteiger partial charge < -0.3 is 19.5 Å². The molecule has 0 heterocycles. The van der Waals surface area contributed by atoms with Gasteiger partial charge in [0.2, 0.25) is 0 Å². The van der Waals surface area contributed by atoms with Gasteiger partial charge in [-0.15, -0.1) is 0 Å². The highest BCUT2D eigenvalue weighted by Crippen LogP contribution is 2.36. The first kappa shape index (κ1) is 25.8. The fourth-order valence-electron chi connectivity index (χ4n) is 3.09. The standard InChI is InChI=1S/C26H26BrN3O5/c1-4-34-26(32)19-8-10-20(11-9-19)29-24(31)16-35-25-22(27)13-18(14-23(25)33-3)15-28-30-21-7-5-6-17(2)12-21/h5-15,30H,4,16H2,1-3H3,(H,29,31)/b28-15+. The highest BCUT2D eigenvalue weighted by molar-refractivity contribution is 9.10. The molecule has 2 N–H and O–H groups in total. The van der Waals surface area contributed by atoms with E-state index in [2.05, 4.69) is 31.8 Å². The Kier molecular flexibility index (Phi) is 9.25. The van der Waals surface area contributed by atoms with Crippen LogP contribution in [0.2, 0.25) is 0 Å². The zero-order valence-electron chi connectivity index (χ0n) is 19.6. The number of halogens is 1. The molecule has 0 aliphatic carbocycles. The van der Waals surface area contributed by atoms with E-state index in [-0.39, 0.29) is 12.5 Å². The first-order chi connectivity index (χ1) is 16.9. The molecule has 0 fully saturated rings. The van der Waals surface area contributed by atoms with E-state index in [9.17, 15) is 9.59 Å². The molecule has 1 amide bonds. The van der Waals surface area contributed by atoms with Gasteiger partial charge in [-0.05, 0) is 89.4 Å². The van der Waals surface area contributed by atoms with Crippen LogP contribution in [-0.4, -0.2) is 38.4 Å². The van der Waals surface area contributed by atoms with Crippen molar-refractivity contribution in [2.45, 2.75) is 13.8 Å². The summed E-state index contributed by atoms with van der Waals surface area (Å²) in [6.45, 7) is 3.81. The molecule has 182 valence electrons. The van der Waals surface area contributed by atoms with Crippen LogP contribution in [-0.2, 0) is 9.53 Å². The maximum absolute atomic E-state index is 12.4. The topological polar surface area (TPSA) is 98.2 Å². The lowest BCUT2D eigenvalue weighted by molar-refractivity contribution is -0.118. The number of ether oxygens (including phenoxy) is 3. The quantitative estimate of drug-likeness (QED) is 0.203. The third-order valence-corrected chi connectivity index (χ3v) is 5.29. The number of rotatable bonds is 10. The smallest absolute Gasteiger partial charge is 0.338 e. The summed E-state index contributed by atoms with van der Waals surface area (Å²) in [7, 11) is 1.52. The summed E-state index contributed by atoms with van der Waals surface area (Å²) in [5.41, 5.74) is 6.72. The van der Waals surface area contributed by atoms with Crippen LogP contribution in [0.15, 0.2) is 70.2 Å². The Bertz CT molecular complexity index is 1210. The number of carbonyl (C=O) groups is 2. The molecule has 35 heavy (non-hydrogen) atoms. The first-order valence-electron chi connectivity index (χ1n) is 10.8. The number of anilines is 2. The number of methoxy groups -OCH3 is 1. The number of hydrogen-bond donors (Lipinski definition) is 2. The molecule has 3 aromatic carbocycles. The maximum atomic E-state index is 12.4. The van der Waals surface area contributed by atoms with Crippen molar-refractivity contribution in [1.82, 2.24) is 0 Å². The average molecular weight is 540 g/mol. The minimum atomic E-state index is -0.412. The second kappa shape index (κ2) is 12.6. The Labute approximate surface area is 212 Å². The van der Waals surface area contributed by atoms with Gasteiger partial charge in [0.1, 0.15) is 0 Å². The summed E-state index contributed by atoms with van der Waals surface area (Å²) in [6, 6.07) is 17.9. The van der Waals surface area contributed by atoms with Crippen molar-refractivity contribution in [3.05, 3.63) is 81.8 Å². The summed E-state index contributed by atoms with van der Waals surface area (Å²) < 4.78 is 16.7. The van der Waals surface area contributed by atoms with Crippen LogP contribution in [0.5, 0.6) is 11.5 Å². The van der Waals surface area contributed by atoms with Gasteiger partial charge in [0, 0.05) is 5.69 Å². The molecule has 0 aliphatic rings. The van der Waals surface area contributed by atoms with Gasteiger partial charge >= 0.3 is 5.97 Å². The van der Waals surface area contributed by atoms with E-state index in [4.69, 9.17) is 14.2 Å². The second-order valence-electron chi connectivity index (χ2n) is 7.41. The van der Waals surface area contributed by atoms with Crippen LogP contribution in [0.3, 0.4) is 0 Å². The van der Waals surface area contributed by atoms with Crippen LogP contribution < -0.4 is 20.2 Å². The average Bonchev–Trinajstić information content (AvgIpc) is 2.83. The van der Waals surface area contributed by atoms with E-state index in [0.717, 1.165) is 16.8 Å². The molecule has 0 saturated carbocycles. The van der Waals surface area contributed by atoms with Crippen molar-refractivity contribution in [2.75, 3.05) is 31.1 Å². The molecule has 0 aromatic heterocycles. The predicted octanol–water partition coefficient (Wildman–Crippen LogP) is 5.41. The van der Waals surface area contributed by atoms with Crippen molar-refractivity contribution in [2.24, 2.45) is 5.10 Å².